The Balaban J connectivity index is 1.91. The molecule has 3 rings (SSSR count). The quantitative estimate of drug-likeness (QED) is 0.853. The van der Waals surface area contributed by atoms with Gasteiger partial charge in [0, 0.05) is 24.8 Å². The lowest BCUT2D eigenvalue weighted by Gasteiger charge is -2.31. The van der Waals surface area contributed by atoms with Crippen molar-refractivity contribution < 1.29 is 0 Å². The standard InChI is InChI=1S/C19H20ClN3/c1-22-10-9-18(14-22)23(13-15-5-3-2-4-6-15)17-8-7-16(12-21)19(20)11-17/h2-8,11,18H,9-10,13-14H2,1H3/t18-/m0/s1. The third-order valence-electron chi connectivity index (χ3n) is 4.41. The van der Waals surface area contributed by atoms with Crippen LogP contribution in [0.5, 0.6) is 0 Å². The van der Waals surface area contributed by atoms with Crippen molar-refractivity contribution in [2.75, 3.05) is 25.0 Å². The molecule has 1 aliphatic rings. The molecule has 0 saturated carbocycles. The van der Waals surface area contributed by atoms with Gasteiger partial charge in [0.05, 0.1) is 10.6 Å². The highest BCUT2D eigenvalue weighted by atomic mass is 35.5. The van der Waals surface area contributed by atoms with Gasteiger partial charge in [-0.3, -0.25) is 0 Å². The molecule has 1 heterocycles. The van der Waals surface area contributed by atoms with Crippen LogP contribution >= 0.6 is 11.6 Å². The Bertz CT molecular complexity index is 708. The number of nitriles is 1. The second kappa shape index (κ2) is 7.04. The van der Waals surface area contributed by atoms with Gasteiger partial charge in [0.25, 0.3) is 0 Å². The minimum Gasteiger partial charge on any atom is -0.363 e. The SMILES string of the molecule is CN1CC[C@H](N(Cc2ccccc2)c2ccc(C#N)c(Cl)c2)C1. The maximum Gasteiger partial charge on any atom is 0.101 e. The van der Waals surface area contributed by atoms with Crippen molar-refractivity contribution in [3.05, 3.63) is 64.7 Å². The molecular weight excluding hydrogens is 306 g/mol. The van der Waals surface area contributed by atoms with Gasteiger partial charge in [-0.05, 0) is 43.8 Å². The van der Waals surface area contributed by atoms with Gasteiger partial charge in [-0.15, -0.1) is 0 Å². The normalized spacial score (nSPS) is 17.9. The molecule has 1 aliphatic heterocycles. The summed E-state index contributed by atoms with van der Waals surface area (Å²) in [6, 6.07) is 18.8. The van der Waals surface area contributed by atoms with Crippen molar-refractivity contribution in [1.29, 1.82) is 5.26 Å². The third-order valence-corrected chi connectivity index (χ3v) is 4.72. The fourth-order valence-corrected chi connectivity index (χ4v) is 3.37. The first kappa shape index (κ1) is 15.9. The number of nitrogens with zero attached hydrogens (tertiary/aromatic N) is 3. The molecule has 0 N–H and O–H groups in total. The molecule has 0 radical (unpaired) electrons. The number of hydrogen-bond donors (Lipinski definition) is 0. The summed E-state index contributed by atoms with van der Waals surface area (Å²) in [5.41, 5.74) is 2.89. The number of rotatable bonds is 4. The minimum atomic E-state index is 0.462. The van der Waals surface area contributed by atoms with Crippen LogP contribution in [0.1, 0.15) is 17.5 Å². The largest absolute Gasteiger partial charge is 0.363 e. The van der Waals surface area contributed by atoms with E-state index in [2.05, 4.69) is 47.2 Å². The highest BCUT2D eigenvalue weighted by Crippen LogP contribution is 2.28. The van der Waals surface area contributed by atoms with E-state index in [1.54, 1.807) is 0 Å². The van der Waals surface area contributed by atoms with Crippen LogP contribution in [0.3, 0.4) is 0 Å². The maximum absolute atomic E-state index is 9.07. The topological polar surface area (TPSA) is 30.3 Å². The lowest BCUT2D eigenvalue weighted by molar-refractivity contribution is 0.407. The molecule has 0 bridgehead atoms. The van der Waals surface area contributed by atoms with Crippen molar-refractivity contribution in [2.24, 2.45) is 0 Å². The van der Waals surface area contributed by atoms with Gasteiger partial charge in [-0.2, -0.15) is 5.26 Å². The van der Waals surface area contributed by atoms with Crippen molar-refractivity contribution in [1.82, 2.24) is 4.90 Å². The fourth-order valence-electron chi connectivity index (χ4n) is 3.15. The summed E-state index contributed by atoms with van der Waals surface area (Å²) in [5, 5.41) is 9.60. The first-order valence-electron chi connectivity index (χ1n) is 7.86. The molecule has 3 nitrogen and oxygen atoms in total. The van der Waals surface area contributed by atoms with Crippen LogP contribution in [0, 0.1) is 11.3 Å². The number of likely N-dealkylation sites (tertiary alicyclic amines) is 1. The van der Waals surface area contributed by atoms with Crippen LogP contribution in [-0.2, 0) is 6.54 Å². The van der Waals surface area contributed by atoms with Gasteiger partial charge in [-0.25, -0.2) is 0 Å². The Morgan fingerprint density at radius 2 is 2.04 bits per heavy atom. The monoisotopic (exact) mass is 325 g/mol. The van der Waals surface area contributed by atoms with Gasteiger partial charge in [0.2, 0.25) is 0 Å². The molecule has 1 fully saturated rings. The predicted molar refractivity (Wildman–Crippen MR) is 94.7 cm³/mol. The van der Waals surface area contributed by atoms with E-state index < -0.39 is 0 Å². The Morgan fingerprint density at radius 1 is 1.26 bits per heavy atom. The zero-order chi connectivity index (χ0) is 16.2. The van der Waals surface area contributed by atoms with Crippen LogP contribution < -0.4 is 4.90 Å². The molecule has 2 aromatic rings. The molecule has 0 unspecified atom stereocenters. The highest BCUT2D eigenvalue weighted by molar-refractivity contribution is 6.32. The van der Waals surface area contributed by atoms with Gasteiger partial charge in [0.1, 0.15) is 6.07 Å². The third kappa shape index (κ3) is 3.67. The van der Waals surface area contributed by atoms with E-state index in [0.29, 0.717) is 16.6 Å². The summed E-state index contributed by atoms with van der Waals surface area (Å²) in [5.74, 6) is 0. The van der Waals surface area contributed by atoms with E-state index in [4.69, 9.17) is 16.9 Å². The summed E-state index contributed by atoms with van der Waals surface area (Å²) in [7, 11) is 2.16. The molecule has 1 saturated heterocycles. The molecule has 4 heteroatoms. The summed E-state index contributed by atoms with van der Waals surface area (Å²) in [6.45, 7) is 3.01. The van der Waals surface area contributed by atoms with Crippen molar-refractivity contribution in [3.63, 3.8) is 0 Å². The number of likely N-dealkylation sites (N-methyl/N-ethyl adjacent to an activating group) is 1. The molecule has 0 aromatic heterocycles. The molecule has 1 atom stereocenters. The van der Waals surface area contributed by atoms with Gasteiger partial charge in [-0.1, -0.05) is 41.9 Å². The summed E-state index contributed by atoms with van der Waals surface area (Å²) in [4.78, 5) is 4.76. The van der Waals surface area contributed by atoms with E-state index in [1.807, 2.05) is 24.3 Å². The molecule has 23 heavy (non-hydrogen) atoms. The van der Waals surface area contributed by atoms with Crippen LogP contribution in [0.4, 0.5) is 5.69 Å². The van der Waals surface area contributed by atoms with E-state index in [9.17, 15) is 0 Å². The van der Waals surface area contributed by atoms with Gasteiger partial charge < -0.3 is 9.80 Å². The predicted octanol–water partition coefficient (Wildman–Crippen LogP) is 3.92. The average Bonchev–Trinajstić information content (AvgIpc) is 3.00. The number of hydrogen-bond acceptors (Lipinski definition) is 3. The Kier molecular flexibility index (Phi) is 4.85. The number of benzene rings is 2. The Labute approximate surface area is 142 Å². The van der Waals surface area contributed by atoms with Crippen molar-refractivity contribution >= 4 is 17.3 Å². The summed E-state index contributed by atoms with van der Waals surface area (Å²) >= 11 is 6.25. The van der Waals surface area contributed by atoms with E-state index in [-0.39, 0.29) is 0 Å². The van der Waals surface area contributed by atoms with Gasteiger partial charge >= 0.3 is 0 Å². The number of halogens is 1. The molecule has 0 aliphatic carbocycles. The molecule has 0 spiro atoms. The second-order valence-electron chi connectivity index (χ2n) is 6.09. The fraction of sp³-hybridized carbons (Fsp3) is 0.316. The Morgan fingerprint density at radius 3 is 2.65 bits per heavy atom. The first-order chi connectivity index (χ1) is 11.2. The molecular formula is C19H20ClN3. The average molecular weight is 326 g/mol. The van der Waals surface area contributed by atoms with E-state index >= 15 is 0 Å². The zero-order valence-corrected chi connectivity index (χ0v) is 14.0. The lowest BCUT2D eigenvalue weighted by atomic mass is 10.1. The zero-order valence-electron chi connectivity index (χ0n) is 13.2. The Hall–Kier alpha value is -2.02. The molecule has 2 aromatic carbocycles. The molecule has 118 valence electrons. The maximum atomic E-state index is 9.07. The highest BCUT2D eigenvalue weighted by Gasteiger charge is 2.26. The van der Waals surface area contributed by atoms with Crippen LogP contribution in [0.15, 0.2) is 48.5 Å². The van der Waals surface area contributed by atoms with E-state index in [0.717, 1.165) is 31.7 Å². The van der Waals surface area contributed by atoms with E-state index in [1.165, 1.54) is 5.56 Å². The van der Waals surface area contributed by atoms with Gasteiger partial charge in [0.15, 0.2) is 0 Å². The van der Waals surface area contributed by atoms with Crippen molar-refractivity contribution in [2.45, 2.75) is 19.0 Å². The number of anilines is 1. The molecule has 0 amide bonds. The van der Waals surface area contributed by atoms with Crippen molar-refractivity contribution in [3.8, 4) is 6.07 Å². The van der Waals surface area contributed by atoms with Crippen LogP contribution in [0.25, 0.3) is 0 Å². The second-order valence-corrected chi connectivity index (χ2v) is 6.50. The van der Waals surface area contributed by atoms with Crippen LogP contribution in [-0.4, -0.2) is 31.1 Å². The minimum absolute atomic E-state index is 0.462. The van der Waals surface area contributed by atoms with Crippen LogP contribution in [0.2, 0.25) is 5.02 Å². The first-order valence-corrected chi connectivity index (χ1v) is 8.24. The summed E-state index contributed by atoms with van der Waals surface area (Å²) in [6.07, 6.45) is 1.14. The summed E-state index contributed by atoms with van der Waals surface area (Å²) < 4.78 is 0. The smallest absolute Gasteiger partial charge is 0.101 e. The lowest BCUT2D eigenvalue weighted by Crippen LogP contribution is -2.36.